The van der Waals surface area contributed by atoms with E-state index in [1.54, 1.807) is 18.2 Å². The fraction of sp³-hybridized carbons (Fsp3) is 0.417. The van der Waals surface area contributed by atoms with Crippen LogP contribution in [-0.4, -0.2) is 25.7 Å². The van der Waals surface area contributed by atoms with Gasteiger partial charge in [0.05, 0.1) is 19.1 Å². The van der Waals surface area contributed by atoms with Crippen LogP contribution in [0.1, 0.15) is 17.9 Å². The van der Waals surface area contributed by atoms with Gasteiger partial charge >= 0.3 is 0 Å². The van der Waals surface area contributed by atoms with E-state index in [0.29, 0.717) is 24.7 Å². The molecule has 1 unspecified atom stereocenters. The molecule has 2 rings (SSSR count). The van der Waals surface area contributed by atoms with Crippen LogP contribution in [0.5, 0.6) is 11.5 Å². The van der Waals surface area contributed by atoms with E-state index in [2.05, 4.69) is 0 Å². The van der Waals surface area contributed by atoms with Gasteiger partial charge in [-0.25, -0.2) is 0 Å². The summed E-state index contributed by atoms with van der Waals surface area (Å²) in [5, 5.41) is 0. The standard InChI is InChI=1S/C12H16N2O3/c13-7-9(12(14)15)8-2-3-10-11(6-8)17-5-1-4-16-10/h2-3,6,9H,1,4-5,7,13H2,(H2,14,15). The normalized spacial score (nSPS) is 16.1. The van der Waals surface area contributed by atoms with Crippen LogP contribution in [0.15, 0.2) is 18.2 Å². The highest BCUT2D eigenvalue weighted by Crippen LogP contribution is 2.32. The summed E-state index contributed by atoms with van der Waals surface area (Å²) < 4.78 is 11.1. The van der Waals surface area contributed by atoms with Crippen LogP contribution in [0, 0.1) is 0 Å². The highest BCUT2D eigenvalue weighted by Gasteiger charge is 2.19. The molecule has 0 saturated carbocycles. The van der Waals surface area contributed by atoms with Crippen molar-refractivity contribution in [2.75, 3.05) is 19.8 Å². The number of hydrogen-bond acceptors (Lipinski definition) is 4. The zero-order valence-corrected chi connectivity index (χ0v) is 9.52. The number of primary amides is 1. The van der Waals surface area contributed by atoms with E-state index >= 15 is 0 Å². The molecule has 0 aromatic heterocycles. The van der Waals surface area contributed by atoms with Crippen molar-refractivity contribution in [2.45, 2.75) is 12.3 Å². The Morgan fingerprint density at radius 1 is 1.29 bits per heavy atom. The van der Waals surface area contributed by atoms with Crippen molar-refractivity contribution >= 4 is 5.91 Å². The predicted octanol–water partition coefficient (Wildman–Crippen LogP) is 0.375. The van der Waals surface area contributed by atoms with E-state index in [9.17, 15) is 4.79 Å². The maximum Gasteiger partial charge on any atom is 0.226 e. The smallest absolute Gasteiger partial charge is 0.226 e. The topological polar surface area (TPSA) is 87.6 Å². The first-order valence-corrected chi connectivity index (χ1v) is 5.61. The first-order valence-electron chi connectivity index (χ1n) is 5.61. The van der Waals surface area contributed by atoms with Crippen molar-refractivity contribution < 1.29 is 14.3 Å². The maximum absolute atomic E-state index is 11.2. The van der Waals surface area contributed by atoms with Gasteiger partial charge in [0.2, 0.25) is 5.91 Å². The molecule has 1 amide bonds. The van der Waals surface area contributed by atoms with Gasteiger partial charge in [-0.2, -0.15) is 0 Å². The minimum atomic E-state index is -0.479. The number of ether oxygens (including phenoxy) is 2. The molecule has 1 aromatic rings. The third kappa shape index (κ3) is 2.50. The second-order valence-corrected chi connectivity index (χ2v) is 3.95. The van der Waals surface area contributed by atoms with E-state index in [1.165, 1.54) is 0 Å². The Balaban J connectivity index is 2.31. The lowest BCUT2D eigenvalue weighted by Gasteiger charge is -2.14. The molecule has 4 N–H and O–H groups in total. The van der Waals surface area contributed by atoms with Crippen LogP contribution < -0.4 is 20.9 Å². The lowest BCUT2D eigenvalue weighted by molar-refractivity contribution is -0.119. The summed E-state index contributed by atoms with van der Waals surface area (Å²) in [5.74, 6) is 0.445. The summed E-state index contributed by atoms with van der Waals surface area (Å²) in [6.07, 6.45) is 0.847. The molecular weight excluding hydrogens is 220 g/mol. The van der Waals surface area contributed by atoms with Gasteiger partial charge in [-0.1, -0.05) is 6.07 Å². The van der Waals surface area contributed by atoms with Crippen LogP contribution in [0.4, 0.5) is 0 Å². The number of carbonyl (C=O) groups excluding carboxylic acids is 1. The highest BCUT2D eigenvalue weighted by atomic mass is 16.5. The molecule has 1 aromatic carbocycles. The Kier molecular flexibility index (Phi) is 3.49. The molecule has 0 spiro atoms. The molecule has 1 aliphatic heterocycles. The average Bonchev–Trinajstić information content (AvgIpc) is 2.54. The van der Waals surface area contributed by atoms with E-state index in [0.717, 1.165) is 12.0 Å². The van der Waals surface area contributed by atoms with E-state index in [-0.39, 0.29) is 6.54 Å². The maximum atomic E-state index is 11.2. The van der Waals surface area contributed by atoms with Crippen molar-refractivity contribution in [3.8, 4) is 11.5 Å². The number of nitrogens with two attached hydrogens (primary N) is 2. The van der Waals surface area contributed by atoms with Gasteiger partial charge in [0, 0.05) is 13.0 Å². The van der Waals surface area contributed by atoms with Crippen molar-refractivity contribution in [3.63, 3.8) is 0 Å². The molecule has 1 aliphatic rings. The third-order valence-corrected chi connectivity index (χ3v) is 2.75. The van der Waals surface area contributed by atoms with Crippen LogP contribution in [0.2, 0.25) is 0 Å². The molecule has 1 atom stereocenters. The van der Waals surface area contributed by atoms with Crippen molar-refractivity contribution in [1.82, 2.24) is 0 Å². The van der Waals surface area contributed by atoms with Crippen LogP contribution in [0.25, 0.3) is 0 Å². The lowest BCUT2D eigenvalue weighted by Crippen LogP contribution is -2.27. The summed E-state index contributed by atoms with van der Waals surface area (Å²) >= 11 is 0. The van der Waals surface area contributed by atoms with Gasteiger partial charge in [-0.05, 0) is 17.7 Å². The highest BCUT2D eigenvalue weighted by molar-refractivity contribution is 5.82. The second-order valence-electron chi connectivity index (χ2n) is 3.95. The Bertz CT molecular complexity index is 420. The first-order chi connectivity index (χ1) is 8.22. The predicted molar refractivity (Wildman–Crippen MR) is 63.0 cm³/mol. The van der Waals surface area contributed by atoms with Gasteiger partial charge in [-0.3, -0.25) is 4.79 Å². The summed E-state index contributed by atoms with van der Waals surface area (Å²) in [4.78, 5) is 11.2. The lowest BCUT2D eigenvalue weighted by atomic mass is 9.98. The number of benzene rings is 1. The average molecular weight is 236 g/mol. The molecular formula is C12H16N2O3. The van der Waals surface area contributed by atoms with Crippen molar-refractivity contribution in [1.29, 1.82) is 0 Å². The zero-order chi connectivity index (χ0) is 12.3. The van der Waals surface area contributed by atoms with Gasteiger partial charge < -0.3 is 20.9 Å². The first kappa shape index (κ1) is 11.7. The SMILES string of the molecule is NCC(C(N)=O)c1ccc2c(c1)OCCCO2. The number of carbonyl (C=O) groups is 1. The fourth-order valence-electron chi connectivity index (χ4n) is 1.81. The van der Waals surface area contributed by atoms with Crippen LogP contribution in [0.3, 0.4) is 0 Å². The van der Waals surface area contributed by atoms with Gasteiger partial charge in [-0.15, -0.1) is 0 Å². The molecule has 17 heavy (non-hydrogen) atoms. The molecule has 1 heterocycles. The molecule has 0 radical (unpaired) electrons. The zero-order valence-electron chi connectivity index (χ0n) is 9.52. The Labute approximate surface area is 99.7 Å². The minimum Gasteiger partial charge on any atom is -0.490 e. The molecule has 5 heteroatoms. The Morgan fingerprint density at radius 3 is 2.65 bits per heavy atom. The van der Waals surface area contributed by atoms with Gasteiger partial charge in [0.15, 0.2) is 11.5 Å². The quantitative estimate of drug-likeness (QED) is 0.794. The number of hydrogen-bond donors (Lipinski definition) is 2. The van der Waals surface area contributed by atoms with E-state index < -0.39 is 11.8 Å². The molecule has 0 saturated heterocycles. The van der Waals surface area contributed by atoms with E-state index in [4.69, 9.17) is 20.9 Å². The number of rotatable bonds is 3. The van der Waals surface area contributed by atoms with Crippen LogP contribution >= 0.6 is 0 Å². The third-order valence-electron chi connectivity index (χ3n) is 2.75. The van der Waals surface area contributed by atoms with Crippen molar-refractivity contribution in [3.05, 3.63) is 23.8 Å². The summed E-state index contributed by atoms with van der Waals surface area (Å²) in [6, 6.07) is 5.38. The molecule has 0 aliphatic carbocycles. The summed E-state index contributed by atoms with van der Waals surface area (Å²) in [6.45, 7) is 1.44. The van der Waals surface area contributed by atoms with E-state index in [1.807, 2.05) is 0 Å². The van der Waals surface area contributed by atoms with Gasteiger partial charge in [0.1, 0.15) is 0 Å². The molecule has 0 bridgehead atoms. The molecule has 0 fully saturated rings. The summed E-state index contributed by atoms with van der Waals surface area (Å²) in [7, 11) is 0. The largest absolute Gasteiger partial charge is 0.490 e. The number of fused-ring (bicyclic) bond motifs is 1. The molecule has 92 valence electrons. The van der Waals surface area contributed by atoms with Crippen molar-refractivity contribution in [2.24, 2.45) is 11.5 Å². The van der Waals surface area contributed by atoms with Crippen LogP contribution in [-0.2, 0) is 4.79 Å². The molecule has 5 nitrogen and oxygen atoms in total. The summed E-state index contributed by atoms with van der Waals surface area (Å²) in [5.41, 5.74) is 11.6. The number of amides is 1. The minimum absolute atomic E-state index is 0.189. The van der Waals surface area contributed by atoms with Gasteiger partial charge in [0.25, 0.3) is 0 Å². The monoisotopic (exact) mass is 236 g/mol. The fourth-order valence-corrected chi connectivity index (χ4v) is 1.81. The second kappa shape index (κ2) is 5.05. The Morgan fingerprint density at radius 2 is 2.00 bits per heavy atom. The Hall–Kier alpha value is -1.75.